The second-order valence-electron chi connectivity index (χ2n) is 6.58. The second kappa shape index (κ2) is 5.63. The minimum Gasteiger partial charge on any atom is -0.478 e. The van der Waals surface area contributed by atoms with Crippen molar-refractivity contribution in [1.82, 2.24) is 4.90 Å². The van der Waals surface area contributed by atoms with Crippen LogP contribution in [0.5, 0.6) is 0 Å². The molecule has 3 N–H and O–H groups in total. The zero-order valence-electron chi connectivity index (χ0n) is 13.2. The molecule has 1 fully saturated rings. The van der Waals surface area contributed by atoms with Gasteiger partial charge in [0.1, 0.15) is 11.5 Å². The minimum atomic E-state index is -2.08. The van der Waals surface area contributed by atoms with Crippen LogP contribution in [-0.4, -0.2) is 45.7 Å². The van der Waals surface area contributed by atoms with Crippen molar-refractivity contribution in [1.29, 1.82) is 0 Å². The maximum atomic E-state index is 12.4. The summed E-state index contributed by atoms with van der Waals surface area (Å²) in [6.45, 7) is 8.28. The van der Waals surface area contributed by atoms with Crippen LogP contribution in [0.1, 0.15) is 41.0 Å². The number of ether oxygens (including phenoxy) is 1. The Bertz CT molecular complexity index is 457. The highest BCUT2D eigenvalue weighted by molar-refractivity contribution is 5.91. The van der Waals surface area contributed by atoms with E-state index >= 15 is 0 Å². The zero-order valence-corrected chi connectivity index (χ0v) is 13.2. The van der Waals surface area contributed by atoms with Crippen molar-refractivity contribution >= 4 is 17.8 Å². The molecule has 1 rings (SSSR count). The summed E-state index contributed by atoms with van der Waals surface area (Å²) in [5, 5.41) is 9.53. The maximum absolute atomic E-state index is 12.4. The van der Waals surface area contributed by atoms with Crippen molar-refractivity contribution in [3.8, 4) is 0 Å². The molecule has 0 radical (unpaired) electrons. The highest BCUT2D eigenvalue weighted by atomic mass is 16.6. The number of hydrogen-bond acceptors (Lipinski definition) is 5. The lowest BCUT2D eigenvalue weighted by atomic mass is 9.76. The Morgan fingerprint density at radius 3 is 2.24 bits per heavy atom. The fraction of sp³-hybridized carbons (Fsp3) is 0.786. The van der Waals surface area contributed by atoms with Crippen molar-refractivity contribution < 1.29 is 24.2 Å². The van der Waals surface area contributed by atoms with E-state index in [0.29, 0.717) is 6.42 Å². The number of piperidine rings is 1. The van der Waals surface area contributed by atoms with Crippen LogP contribution in [0, 0.1) is 11.8 Å². The molecule has 0 spiro atoms. The van der Waals surface area contributed by atoms with Crippen LogP contribution < -0.4 is 5.73 Å². The molecule has 7 nitrogen and oxygen atoms in total. The van der Waals surface area contributed by atoms with Gasteiger partial charge in [0, 0.05) is 13.5 Å². The molecule has 21 heavy (non-hydrogen) atoms. The molecule has 0 aromatic rings. The molecule has 0 aromatic carbocycles. The molecule has 3 unspecified atom stereocenters. The molecule has 0 aromatic heterocycles. The van der Waals surface area contributed by atoms with Gasteiger partial charge in [-0.15, -0.1) is 0 Å². The average Bonchev–Trinajstić information content (AvgIpc) is 2.25. The van der Waals surface area contributed by atoms with Gasteiger partial charge in [-0.25, -0.2) is 4.79 Å². The fourth-order valence-electron chi connectivity index (χ4n) is 2.73. The Morgan fingerprint density at radius 1 is 1.33 bits per heavy atom. The molecule has 1 amide bonds. The van der Waals surface area contributed by atoms with Crippen molar-refractivity contribution in [3.05, 3.63) is 0 Å². The van der Waals surface area contributed by atoms with Crippen LogP contribution in [0.2, 0.25) is 0 Å². The molecule has 1 heterocycles. The number of esters is 1. The van der Waals surface area contributed by atoms with Crippen molar-refractivity contribution in [3.63, 3.8) is 0 Å². The van der Waals surface area contributed by atoms with E-state index in [1.54, 1.807) is 27.7 Å². The number of rotatable bonds is 2. The largest absolute Gasteiger partial charge is 0.478 e. The normalized spacial score (nSPS) is 29.9. The van der Waals surface area contributed by atoms with Gasteiger partial charge in [0.15, 0.2) is 0 Å². The van der Waals surface area contributed by atoms with Gasteiger partial charge in [-0.1, -0.05) is 6.92 Å². The van der Waals surface area contributed by atoms with E-state index in [4.69, 9.17) is 10.5 Å². The number of carbonyl (C=O) groups excluding carboxylic acids is 2. The Morgan fingerprint density at radius 2 is 1.86 bits per heavy atom. The molecular weight excluding hydrogens is 276 g/mol. The number of nitrogens with two attached hydrogens (primary N) is 1. The summed E-state index contributed by atoms with van der Waals surface area (Å²) in [6, 6.07) is 0. The smallest absolute Gasteiger partial charge is 0.345 e. The van der Waals surface area contributed by atoms with Gasteiger partial charge in [-0.2, -0.15) is 0 Å². The predicted molar refractivity (Wildman–Crippen MR) is 75.1 cm³/mol. The van der Waals surface area contributed by atoms with Gasteiger partial charge in [0.2, 0.25) is 11.6 Å². The molecule has 0 saturated carbocycles. The Balaban J connectivity index is 3.25. The molecule has 1 aliphatic rings. The van der Waals surface area contributed by atoms with E-state index in [1.165, 1.54) is 6.92 Å². The first kappa shape index (κ1) is 17.4. The number of hydrogen-bond donors (Lipinski definition) is 2. The molecule has 0 aliphatic carbocycles. The molecular formula is C14H24N2O5. The van der Waals surface area contributed by atoms with Crippen molar-refractivity contribution in [2.45, 2.75) is 52.3 Å². The number of aliphatic carboxylic acids is 1. The lowest BCUT2D eigenvalue weighted by molar-refractivity contribution is -0.186. The van der Waals surface area contributed by atoms with Gasteiger partial charge < -0.3 is 14.7 Å². The van der Waals surface area contributed by atoms with Crippen molar-refractivity contribution in [2.24, 2.45) is 17.6 Å². The third-order valence-corrected chi connectivity index (χ3v) is 3.68. The quantitative estimate of drug-likeness (QED) is 0.722. The molecule has 120 valence electrons. The Kier molecular flexibility index (Phi) is 4.67. The van der Waals surface area contributed by atoms with Gasteiger partial charge >= 0.3 is 11.9 Å². The van der Waals surface area contributed by atoms with Crippen LogP contribution in [0.3, 0.4) is 0 Å². The summed E-state index contributed by atoms with van der Waals surface area (Å²) >= 11 is 0. The topological polar surface area (TPSA) is 110 Å². The number of nitrogens with zero attached hydrogens (tertiary/aromatic N) is 1. The summed E-state index contributed by atoms with van der Waals surface area (Å²) in [7, 11) is 0. The first-order valence-electron chi connectivity index (χ1n) is 6.94. The summed E-state index contributed by atoms with van der Waals surface area (Å²) in [6.07, 6.45) is 0.496. The lowest BCUT2D eigenvalue weighted by Gasteiger charge is -2.48. The summed E-state index contributed by atoms with van der Waals surface area (Å²) in [5.41, 5.74) is 3.17. The average molecular weight is 300 g/mol. The van der Waals surface area contributed by atoms with Crippen LogP contribution in [0.4, 0.5) is 0 Å². The summed E-state index contributed by atoms with van der Waals surface area (Å²) in [4.78, 5) is 36.9. The highest BCUT2D eigenvalue weighted by Crippen LogP contribution is 2.36. The van der Waals surface area contributed by atoms with Crippen LogP contribution >= 0.6 is 0 Å². The van der Waals surface area contributed by atoms with Gasteiger partial charge in [0.25, 0.3) is 0 Å². The van der Waals surface area contributed by atoms with E-state index in [0.717, 1.165) is 4.90 Å². The number of carboxylic acid groups (broad SMARTS) is 1. The zero-order chi connectivity index (χ0) is 16.6. The molecule has 0 bridgehead atoms. The Hall–Kier alpha value is -1.63. The molecule has 7 heteroatoms. The van der Waals surface area contributed by atoms with Crippen molar-refractivity contribution in [2.75, 3.05) is 6.54 Å². The standard InChI is InChI=1S/C14H24N2O5/c1-8-6-7-16(9(2)17)14(15,12(19)20)10(8)11(18)21-13(3,4)5/h8,10H,6-7,15H2,1-5H3,(H,19,20). The lowest BCUT2D eigenvalue weighted by Crippen LogP contribution is -2.72. The highest BCUT2D eigenvalue weighted by Gasteiger charge is 2.57. The number of likely N-dealkylation sites (tertiary alicyclic amines) is 1. The number of carbonyl (C=O) groups is 3. The molecule has 3 atom stereocenters. The first-order chi connectivity index (χ1) is 9.41. The van der Waals surface area contributed by atoms with Crippen LogP contribution in [-0.2, 0) is 19.1 Å². The monoisotopic (exact) mass is 300 g/mol. The first-order valence-corrected chi connectivity index (χ1v) is 6.94. The summed E-state index contributed by atoms with van der Waals surface area (Å²) in [5.74, 6) is -3.96. The minimum absolute atomic E-state index is 0.207. The van der Waals surface area contributed by atoms with E-state index in [9.17, 15) is 19.5 Å². The maximum Gasteiger partial charge on any atom is 0.345 e. The number of carboxylic acids is 1. The van der Waals surface area contributed by atoms with E-state index in [1.807, 2.05) is 0 Å². The molecule has 1 saturated heterocycles. The van der Waals surface area contributed by atoms with Gasteiger partial charge in [-0.3, -0.25) is 15.3 Å². The van der Waals surface area contributed by atoms with Crippen LogP contribution in [0.25, 0.3) is 0 Å². The third kappa shape index (κ3) is 3.34. The SMILES string of the molecule is CC(=O)N1CCC(C)C(C(=O)OC(C)(C)C)C1(N)C(=O)O. The van der Waals surface area contributed by atoms with Crippen LogP contribution in [0.15, 0.2) is 0 Å². The van der Waals surface area contributed by atoms with Gasteiger partial charge in [-0.05, 0) is 33.1 Å². The molecule has 1 aliphatic heterocycles. The van der Waals surface area contributed by atoms with E-state index in [-0.39, 0.29) is 12.5 Å². The van der Waals surface area contributed by atoms with E-state index in [2.05, 4.69) is 0 Å². The predicted octanol–water partition coefficient (Wildman–Crippen LogP) is 0.572. The fourth-order valence-corrected chi connectivity index (χ4v) is 2.73. The third-order valence-electron chi connectivity index (χ3n) is 3.68. The number of amides is 1. The van der Waals surface area contributed by atoms with Gasteiger partial charge in [0.05, 0.1) is 0 Å². The summed E-state index contributed by atoms with van der Waals surface area (Å²) < 4.78 is 5.30. The Labute approximate surface area is 124 Å². The van der Waals surface area contributed by atoms with E-state index < -0.39 is 35.0 Å². The second-order valence-corrected chi connectivity index (χ2v) is 6.58.